The van der Waals surface area contributed by atoms with E-state index in [-0.39, 0.29) is 0 Å². The van der Waals surface area contributed by atoms with Crippen molar-refractivity contribution < 1.29 is 47.8 Å². The van der Waals surface area contributed by atoms with Gasteiger partial charge < -0.3 is 13.9 Å². The van der Waals surface area contributed by atoms with Crippen molar-refractivity contribution in [1.82, 2.24) is 4.90 Å². The van der Waals surface area contributed by atoms with E-state index in [1.165, 1.54) is 0 Å². The van der Waals surface area contributed by atoms with Crippen molar-refractivity contribution in [2.24, 2.45) is 0 Å². The fraction of sp³-hybridized carbons (Fsp3) is 0.348. The van der Waals surface area contributed by atoms with E-state index < -0.39 is 10.2 Å². The second-order valence-corrected chi connectivity index (χ2v) is 7.70. The van der Waals surface area contributed by atoms with Crippen molar-refractivity contribution >= 4 is 11.0 Å². The van der Waals surface area contributed by atoms with Gasteiger partial charge in [-0.2, -0.15) is 0 Å². The van der Waals surface area contributed by atoms with Gasteiger partial charge in [-0.05, 0) is 55.6 Å². The van der Waals surface area contributed by atoms with Crippen molar-refractivity contribution in [3.63, 3.8) is 0 Å². The van der Waals surface area contributed by atoms with E-state index in [2.05, 4.69) is 29.8 Å². The van der Waals surface area contributed by atoms with Gasteiger partial charge >= 0.3 is 0 Å². The van der Waals surface area contributed by atoms with Crippen molar-refractivity contribution in [3.8, 4) is 22.8 Å². The van der Waals surface area contributed by atoms with Gasteiger partial charge in [0.15, 0.2) is 6.54 Å². The lowest BCUT2D eigenvalue weighted by atomic mass is 10.1. The molecule has 1 aromatic heterocycles. The summed E-state index contributed by atoms with van der Waals surface area (Å²) >= 11 is 0. The standard InChI is InChI=1S/C23H28N2O3.ClHO4/c1-5-25(6-2)14-13-24-21-16-23(17-7-9-18(26-3)10-8-17)28-22-12-11-19(27-4)15-20(21)22;2-1(3,4)5/h7-12,15-16H,5-6,13-14H2,1-4H3;(H,2,3,4,5). The number of halogens is 1. The zero-order valence-corrected chi connectivity index (χ0v) is 19.9. The molecule has 0 atom stereocenters. The Morgan fingerprint density at radius 3 is 2.00 bits per heavy atom. The number of nitrogens with one attached hydrogen (secondary N) is 1. The Morgan fingerprint density at radius 1 is 0.879 bits per heavy atom. The summed E-state index contributed by atoms with van der Waals surface area (Å²) in [6, 6.07) is 15.8. The van der Waals surface area contributed by atoms with Gasteiger partial charge in [-0.15, -0.1) is 10.2 Å². The average molecular weight is 481 g/mol. The molecular formula is C23H29ClN2O7. The highest BCUT2D eigenvalue weighted by Crippen LogP contribution is 2.25. The van der Waals surface area contributed by atoms with Crippen LogP contribution in [0.5, 0.6) is 11.5 Å². The maximum atomic E-state index is 8.49. The summed E-state index contributed by atoms with van der Waals surface area (Å²) in [5.74, 6) is 2.45. The summed E-state index contributed by atoms with van der Waals surface area (Å²) in [5, 5.41) is 2.05. The van der Waals surface area contributed by atoms with Crippen molar-refractivity contribution in [2.75, 3.05) is 40.4 Å². The van der Waals surface area contributed by atoms with Crippen LogP contribution in [-0.2, 0) is 0 Å². The lowest BCUT2D eigenvalue weighted by molar-refractivity contribution is -2.00. The number of benzene rings is 2. The Labute approximate surface area is 194 Å². The van der Waals surface area contributed by atoms with Crippen molar-refractivity contribution in [3.05, 3.63) is 53.9 Å². The van der Waals surface area contributed by atoms with Crippen molar-refractivity contribution in [2.45, 2.75) is 13.8 Å². The Morgan fingerprint density at radius 2 is 1.45 bits per heavy atom. The largest absolute Gasteiger partial charge is 0.497 e. The second-order valence-electron chi connectivity index (χ2n) is 6.95. The molecule has 9 nitrogen and oxygen atoms in total. The van der Waals surface area contributed by atoms with Crippen LogP contribution in [0.1, 0.15) is 13.8 Å². The molecule has 0 radical (unpaired) electrons. The monoisotopic (exact) mass is 480 g/mol. The Kier molecular flexibility index (Phi) is 10.1. The molecule has 10 heteroatoms. The number of ether oxygens (including phenoxy) is 2. The third-order valence-electron chi connectivity index (χ3n) is 4.98. The van der Waals surface area contributed by atoms with E-state index >= 15 is 0 Å². The minimum Gasteiger partial charge on any atom is -0.497 e. The van der Waals surface area contributed by atoms with Crippen LogP contribution >= 0.6 is 0 Å². The van der Waals surface area contributed by atoms with Crippen LogP contribution < -0.4 is 38.5 Å². The molecule has 0 fully saturated rings. The number of hydrogen-bond acceptors (Lipinski definition) is 8. The summed E-state index contributed by atoms with van der Waals surface area (Å²) in [6.45, 7) is 8.32. The summed E-state index contributed by atoms with van der Waals surface area (Å²) in [7, 11) is -1.60. The highest BCUT2D eigenvalue weighted by Gasteiger charge is 2.11. The second kappa shape index (κ2) is 12.5. The summed E-state index contributed by atoms with van der Waals surface area (Å²) in [6.07, 6.45) is 0. The van der Waals surface area contributed by atoms with Crippen LogP contribution in [0.2, 0.25) is 0 Å². The third kappa shape index (κ3) is 8.65. The number of likely N-dealkylation sites (N-methyl/N-ethyl adjacent to an activating group) is 1. The van der Waals surface area contributed by atoms with Crippen molar-refractivity contribution in [1.29, 1.82) is 0 Å². The minimum absolute atomic E-state index is 0.811. The number of methoxy groups -OCH3 is 2. The topological polar surface area (TPSA) is 141 Å². The van der Waals surface area contributed by atoms with E-state index in [0.717, 1.165) is 65.3 Å². The van der Waals surface area contributed by atoms with Gasteiger partial charge in [0.2, 0.25) is 5.36 Å². The van der Waals surface area contributed by atoms with E-state index in [1.54, 1.807) is 14.2 Å². The zero-order chi connectivity index (χ0) is 24.4. The first-order chi connectivity index (χ1) is 15.7. The predicted molar refractivity (Wildman–Crippen MR) is 112 cm³/mol. The van der Waals surface area contributed by atoms with Crippen LogP contribution in [0.15, 0.2) is 52.9 Å². The molecule has 3 aromatic rings. The van der Waals surface area contributed by atoms with Crippen LogP contribution in [0.4, 0.5) is 0 Å². The quantitative estimate of drug-likeness (QED) is 0.379. The molecule has 0 saturated heterocycles. The molecule has 0 bridgehead atoms. The van der Waals surface area contributed by atoms with Crippen LogP contribution in [0.3, 0.4) is 0 Å². The van der Waals surface area contributed by atoms with E-state index in [0.29, 0.717) is 0 Å². The number of nitrogens with zero attached hydrogens (tertiary/aromatic N) is 1. The number of fused-ring (bicyclic) bond motifs is 1. The lowest BCUT2D eigenvalue weighted by Gasteiger charge is -2.17. The number of hydrogen-bond donors (Lipinski definition) is 1. The predicted octanol–water partition coefficient (Wildman–Crippen LogP) is -2.32. The molecule has 1 N–H and O–H groups in total. The first kappa shape index (κ1) is 26.6. The molecule has 0 saturated carbocycles. The molecule has 0 aliphatic heterocycles. The van der Waals surface area contributed by atoms with Crippen LogP contribution in [0, 0.1) is 10.2 Å². The molecular weight excluding hydrogens is 452 g/mol. The van der Waals surface area contributed by atoms with Gasteiger partial charge in [-0.3, -0.25) is 4.90 Å². The first-order valence-electron chi connectivity index (χ1n) is 10.4. The maximum Gasteiger partial charge on any atom is 0.213 e. The van der Waals surface area contributed by atoms with Gasteiger partial charge in [0, 0.05) is 5.56 Å². The number of rotatable bonds is 8. The summed E-state index contributed by atoms with van der Waals surface area (Å²) < 4.78 is 50.8. The van der Waals surface area contributed by atoms with Gasteiger partial charge in [-0.25, -0.2) is 23.6 Å². The zero-order valence-electron chi connectivity index (χ0n) is 19.1. The normalized spacial score (nSPS) is 12.0. The van der Waals surface area contributed by atoms with E-state index in [4.69, 9.17) is 32.5 Å². The van der Waals surface area contributed by atoms with Crippen LogP contribution in [-0.4, -0.2) is 45.3 Å². The fourth-order valence-corrected chi connectivity index (χ4v) is 3.22. The first-order valence-corrected chi connectivity index (χ1v) is 11.6. The molecule has 0 spiro atoms. The fourth-order valence-electron chi connectivity index (χ4n) is 3.22. The third-order valence-corrected chi connectivity index (χ3v) is 4.98. The average Bonchev–Trinajstić information content (AvgIpc) is 2.80. The highest BCUT2D eigenvalue weighted by molar-refractivity contribution is 5.79. The lowest BCUT2D eigenvalue weighted by Crippen LogP contribution is -2.78. The molecule has 0 amide bonds. The molecule has 3 rings (SSSR count). The maximum absolute atomic E-state index is 8.49. The van der Waals surface area contributed by atoms with Gasteiger partial charge in [0.25, 0.3) is 0 Å². The van der Waals surface area contributed by atoms with E-state index in [9.17, 15) is 0 Å². The SMILES string of the molecule is CCN(CC)CC[NH+]=c1cc(-c2ccc(OC)cc2)oc2ccc(OC)cc12.[O-][Cl+3]([O-])([O-])[O-]. The molecule has 0 aliphatic carbocycles. The smallest absolute Gasteiger partial charge is 0.213 e. The molecule has 2 aromatic carbocycles. The summed E-state index contributed by atoms with van der Waals surface area (Å²) in [5.41, 5.74) is 1.82. The minimum atomic E-state index is -4.94. The van der Waals surface area contributed by atoms with Gasteiger partial charge in [-0.1, -0.05) is 13.8 Å². The molecule has 33 heavy (non-hydrogen) atoms. The summed E-state index contributed by atoms with van der Waals surface area (Å²) in [4.78, 5) is 5.99. The van der Waals surface area contributed by atoms with E-state index in [1.807, 2.05) is 42.5 Å². The molecule has 0 aliphatic rings. The Balaban J connectivity index is 0.000000696. The Bertz CT molecular complexity index is 1070. The Hall–Kier alpha value is -2.66. The van der Waals surface area contributed by atoms with Crippen LogP contribution in [0.25, 0.3) is 22.3 Å². The van der Waals surface area contributed by atoms with Gasteiger partial charge in [0.05, 0.1) is 32.2 Å². The molecule has 180 valence electrons. The van der Waals surface area contributed by atoms with Gasteiger partial charge in [0.1, 0.15) is 22.8 Å². The molecule has 0 unspecified atom stereocenters. The highest BCUT2D eigenvalue weighted by atomic mass is 35.7. The molecule has 1 heterocycles.